The first-order valence-electron chi connectivity index (χ1n) is 38.1. The molecule has 0 unspecified atom stereocenters. The Hall–Kier alpha value is -5.59. The molecule has 1 amide bonds. The van der Waals surface area contributed by atoms with Crippen LogP contribution >= 0.6 is 0 Å². The second-order valence-corrected chi connectivity index (χ2v) is 37.4. The number of para-hydroxylation sites is 4. The number of allylic oxidation sites excluding steroid dienone is 15. The maximum atomic E-state index is 12.0. The van der Waals surface area contributed by atoms with Crippen LogP contribution in [0.5, 0.6) is 0 Å². The Morgan fingerprint density at radius 3 is 1.29 bits per heavy atom. The molecule has 0 spiro atoms. The molecule has 592 valence electrons. The van der Waals surface area contributed by atoms with Gasteiger partial charge in [-0.2, -0.15) is 4.58 Å². The predicted molar refractivity (Wildman–Crippen MR) is 430 cm³/mol. The van der Waals surface area contributed by atoms with Crippen LogP contribution < -0.4 is 73.8 Å². The monoisotopic (exact) mass is 1620 g/mol. The number of likely N-dealkylation sites (N-methyl/N-ethyl adjacent to an activating group) is 2. The van der Waals surface area contributed by atoms with E-state index in [-0.39, 0.29) is 129 Å². The number of hydrogen-bond donors (Lipinski definition) is 1. The van der Waals surface area contributed by atoms with Crippen LogP contribution in [-0.2, 0) is 71.7 Å². The molecule has 0 aromatic heterocycles. The van der Waals surface area contributed by atoms with Crippen LogP contribution in [0.25, 0.3) is 0 Å². The number of carbonyl (C=O) groups is 1. The molecule has 111 heavy (non-hydrogen) atoms. The van der Waals surface area contributed by atoms with Gasteiger partial charge in [-0.3, -0.25) is 4.79 Å². The molecule has 4 aliphatic heterocycles. The van der Waals surface area contributed by atoms with Gasteiger partial charge in [0.05, 0.1) is 52.4 Å². The van der Waals surface area contributed by atoms with Crippen molar-refractivity contribution in [1.82, 2.24) is 4.90 Å². The predicted octanol–water partition coefficient (Wildman–Crippen LogP) is 6.93. The van der Waals surface area contributed by atoms with E-state index in [1.807, 2.05) is 55.6 Å². The summed E-state index contributed by atoms with van der Waals surface area (Å²) >= 11 is 0. The quantitative estimate of drug-likeness (QED) is 0.0231. The smallest absolute Gasteiger partial charge is 0.748 e. The van der Waals surface area contributed by atoms with Gasteiger partial charge >= 0.3 is 59.1 Å². The standard InChI is InChI=1S/C43H57N3O8S2.C41H55N3O7S2.2Na/c1-32(47)44(6)28-29-54-41-33(22-24-39-42(2,3)35-18-7-9-20-37(35)45(39)26-11-13-30-55(48,49)50)16-15-17-34(41)23-25-40-43(4,5)36-19-8-10-21-38(36)46(40)27-12-14-31-56(51,52)53;1-40(2)33-17-6-8-19-35(33)43(25-10-12-29-52(46,47)48)37(40)23-21-31-15-14-16-32(39(31)42(5)27-28-45)22-24-38-41(3,4)34-18-7-9-20-36(34)44(38)26-11-13-30-53(49,50)51;;/h7-10,18-25H,11-17,26-31H2,1-6H3,(H-,48,49,50,51,52,53);6-9,17-24,45H,10-16,25-30H2,1-5H3,(H-,46,47,48,49,50,51);;/q;;2*+1/p-2. The molecule has 4 heterocycles. The Morgan fingerprint density at radius 1 is 0.514 bits per heavy atom. The first-order chi connectivity index (χ1) is 51.3. The fourth-order valence-electron chi connectivity index (χ4n) is 16.3. The third-order valence-corrected chi connectivity index (χ3v) is 25.2. The van der Waals surface area contributed by atoms with Crippen LogP contribution in [0.1, 0.15) is 174 Å². The van der Waals surface area contributed by atoms with E-state index in [0.717, 1.165) is 118 Å². The van der Waals surface area contributed by atoms with Gasteiger partial charge in [0.2, 0.25) is 17.3 Å². The molecule has 4 aromatic rings. The van der Waals surface area contributed by atoms with Gasteiger partial charge in [-0.05, 0) is 168 Å². The zero-order valence-electron chi connectivity index (χ0n) is 67.2. The molecule has 2 aliphatic carbocycles. The second kappa shape index (κ2) is 39.4. The molecule has 21 nitrogen and oxygen atoms in total. The van der Waals surface area contributed by atoms with Crippen molar-refractivity contribution in [2.24, 2.45) is 0 Å². The number of fused-ring (bicyclic) bond motifs is 4. The number of carbonyl (C=O) groups excluding carboxylic acids is 1. The van der Waals surface area contributed by atoms with E-state index in [2.05, 4.69) is 176 Å². The zero-order chi connectivity index (χ0) is 79.5. The summed E-state index contributed by atoms with van der Waals surface area (Å²) < 4.78 is 147. The van der Waals surface area contributed by atoms with Gasteiger partial charge in [-0.1, -0.05) is 133 Å². The Kier molecular flexibility index (Phi) is 32.8. The molecule has 0 bridgehead atoms. The first-order valence-corrected chi connectivity index (χ1v) is 44.4. The number of benzene rings is 4. The van der Waals surface area contributed by atoms with Crippen LogP contribution in [0, 0.1) is 0 Å². The SMILES string of the molecule is CC(=O)N(C)CCOC1=C(/C=C/C2=[N+](CCCCS(=O)(=O)[O-])c3ccccc3C2(C)C)CCC/C1=C\C=C1\N(CCCCS(=O)(=O)[O-])c2ccccc2C1(C)C.C[N+](CCO)=C1C(=CC=C2N(CCCCS(=O)(=O)[O-])c3ccccc3C2(C)C)CCC/C1=C\C=C1\N(CCCCS(=O)(=O)[O-])c2ccccc2C1(C)C.[Na+].[Na+]. The van der Waals surface area contributed by atoms with Gasteiger partial charge in [0.1, 0.15) is 32.6 Å². The summed E-state index contributed by atoms with van der Waals surface area (Å²) in [6, 6.07) is 33.0. The number of aliphatic hydroxyl groups excluding tert-OH is 1. The van der Waals surface area contributed by atoms with E-state index >= 15 is 0 Å². The van der Waals surface area contributed by atoms with Crippen LogP contribution in [0.4, 0.5) is 22.7 Å². The van der Waals surface area contributed by atoms with E-state index in [1.165, 1.54) is 29.2 Å². The number of hydrogen-bond acceptors (Lipinski definition) is 18. The van der Waals surface area contributed by atoms with Gasteiger partial charge in [0.15, 0.2) is 12.3 Å². The molecule has 1 fully saturated rings. The van der Waals surface area contributed by atoms with Crippen molar-refractivity contribution in [2.45, 2.75) is 174 Å². The molecular weight excluding hydrogens is 1510 g/mol. The van der Waals surface area contributed by atoms with E-state index < -0.39 is 40.5 Å². The molecule has 0 atom stereocenters. The molecule has 10 rings (SSSR count). The van der Waals surface area contributed by atoms with Crippen LogP contribution in [0.2, 0.25) is 0 Å². The summed E-state index contributed by atoms with van der Waals surface area (Å²) in [6.45, 7) is 22.6. The second-order valence-electron chi connectivity index (χ2n) is 31.3. The molecule has 0 saturated heterocycles. The Morgan fingerprint density at radius 2 is 0.883 bits per heavy atom. The Labute approximate surface area is 705 Å². The fraction of sp³-hybridized carbons (Fsp3) is 0.488. The molecule has 6 aliphatic rings. The van der Waals surface area contributed by atoms with Crippen molar-refractivity contribution in [1.29, 1.82) is 0 Å². The van der Waals surface area contributed by atoms with Crippen molar-refractivity contribution in [3.8, 4) is 0 Å². The van der Waals surface area contributed by atoms with E-state index in [4.69, 9.17) is 4.74 Å². The number of anilines is 3. The average Bonchev–Trinajstić information content (AvgIpc) is 1.62. The van der Waals surface area contributed by atoms with Crippen molar-refractivity contribution in [3.05, 3.63) is 213 Å². The maximum Gasteiger partial charge on any atom is 1.00 e. The van der Waals surface area contributed by atoms with Crippen molar-refractivity contribution in [3.63, 3.8) is 0 Å². The van der Waals surface area contributed by atoms with E-state index in [9.17, 15) is 61.8 Å². The van der Waals surface area contributed by atoms with Gasteiger partial charge in [-0.15, -0.1) is 0 Å². The molecule has 0 radical (unpaired) electrons. The van der Waals surface area contributed by atoms with Gasteiger partial charge in [0.25, 0.3) is 0 Å². The minimum Gasteiger partial charge on any atom is -0.748 e. The zero-order valence-corrected chi connectivity index (χ0v) is 74.5. The fourth-order valence-corrected chi connectivity index (χ4v) is 18.5. The number of ether oxygens (including phenoxy) is 1. The molecular formula is C84H110N6Na2O15S4. The van der Waals surface area contributed by atoms with Crippen molar-refractivity contribution >= 4 is 80.6 Å². The number of nitrogens with zero attached hydrogens (tertiary/aromatic N) is 6. The number of amides is 1. The topological polar surface area (TPSA) is 294 Å². The summed E-state index contributed by atoms with van der Waals surface area (Å²) in [4.78, 5) is 20.4. The summed E-state index contributed by atoms with van der Waals surface area (Å²) in [5.74, 6) is -0.785. The van der Waals surface area contributed by atoms with Crippen molar-refractivity contribution < 1.29 is 135 Å². The first kappa shape index (κ1) is 92.6. The van der Waals surface area contributed by atoms with Crippen molar-refractivity contribution in [2.75, 3.05) is 104 Å². The molecule has 27 heteroatoms. The Balaban J connectivity index is 0.000000303. The van der Waals surface area contributed by atoms with Crippen LogP contribution in [-0.4, -0.2) is 178 Å². The summed E-state index contributed by atoms with van der Waals surface area (Å²) in [6.07, 6.45) is 25.9. The van der Waals surface area contributed by atoms with E-state index in [0.29, 0.717) is 84.4 Å². The minimum atomic E-state index is -4.29. The summed E-state index contributed by atoms with van der Waals surface area (Å²) in [7, 11) is -13.4. The summed E-state index contributed by atoms with van der Waals surface area (Å²) in [5, 5.41) is 10.0. The van der Waals surface area contributed by atoms with Crippen LogP contribution in [0.15, 0.2) is 191 Å². The van der Waals surface area contributed by atoms with Crippen LogP contribution in [0.3, 0.4) is 0 Å². The van der Waals surface area contributed by atoms with E-state index in [1.54, 1.807) is 11.9 Å². The third kappa shape index (κ3) is 23.6. The van der Waals surface area contributed by atoms with Gasteiger partial charge < -0.3 is 47.7 Å². The number of unbranched alkanes of at least 4 members (excludes halogenated alkanes) is 4. The Bertz CT molecular complexity index is 4720. The largest absolute Gasteiger partial charge is 1.00 e. The number of aliphatic hydroxyl groups is 1. The molecule has 4 aromatic carbocycles. The maximum absolute atomic E-state index is 12.0. The molecule has 1 saturated carbocycles. The molecule has 1 N–H and O–H groups in total. The summed E-state index contributed by atoms with van der Waals surface area (Å²) in [5.41, 5.74) is 17.5. The average molecular weight is 1620 g/mol. The minimum absolute atomic E-state index is 0. The van der Waals surface area contributed by atoms with Gasteiger partial charge in [0, 0.05) is 142 Å². The normalized spacial score (nSPS) is 20.4. The van der Waals surface area contributed by atoms with Gasteiger partial charge in [-0.25, -0.2) is 38.2 Å². The number of rotatable bonds is 31. The third-order valence-electron chi connectivity index (χ3n) is 22.1.